The van der Waals surface area contributed by atoms with Crippen LogP contribution in [0.2, 0.25) is 0 Å². The lowest BCUT2D eigenvalue weighted by molar-refractivity contribution is 0.549. The number of hydrogen-bond donors (Lipinski definition) is 2. The normalized spacial score (nSPS) is 11.5. The predicted molar refractivity (Wildman–Crippen MR) is 74.3 cm³/mol. The molecule has 3 nitrogen and oxygen atoms in total. The Morgan fingerprint density at radius 3 is 2.88 bits per heavy atom. The van der Waals surface area contributed by atoms with Crippen molar-refractivity contribution in [2.45, 2.75) is 19.4 Å². The molecule has 0 saturated heterocycles. The van der Waals surface area contributed by atoms with Crippen LogP contribution in [0.3, 0.4) is 0 Å². The van der Waals surface area contributed by atoms with E-state index in [2.05, 4.69) is 22.4 Å². The smallest absolute Gasteiger partial charge is 0.123 e. The van der Waals surface area contributed by atoms with Crippen LogP contribution in [0.4, 0.5) is 5.69 Å². The van der Waals surface area contributed by atoms with Crippen LogP contribution < -0.4 is 11.1 Å². The SMILES string of the molecule is CC(C)(N)CNc1cccc(-c2nccs2)c1. The van der Waals surface area contributed by atoms with E-state index in [9.17, 15) is 0 Å². The molecule has 4 heteroatoms. The van der Waals surface area contributed by atoms with E-state index in [-0.39, 0.29) is 5.54 Å². The van der Waals surface area contributed by atoms with Gasteiger partial charge in [0.25, 0.3) is 0 Å². The Balaban J connectivity index is 2.12. The van der Waals surface area contributed by atoms with Gasteiger partial charge in [0, 0.05) is 34.9 Å². The largest absolute Gasteiger partial charge is 0.383 e. The molecule has 0 aliphatic heterocycles. The molecule has 2 rings (SSSR count). The van der Waals surface area contributed by atoms with Crippen LogP contribution in [0.15, 0.2) is 35.8 Å². The van der Waals surface area contributed by atoms with Gasteiger partial charge in [-0.05, 0) is 26.0 Å². The van der Waals surface area contributed by atoms with Crippen molar-refractivity contribution in [1.29, 1.82) is 0 Å². The summed E-state index contributed by atoms with van der Waals surface area (Å²) in [7, 11) is 0. The Labute approximate surface area is 106 Å². The monoisotopic (exact) mass is 247 g/mol. The Morgan fingerprint density at radius 2 is 2.24 bits per heavy atom. The topological polar surface area (TPSA) is 50.9 Å². The van der Waals surface area contributed by atoms with E-state index in [4.69, 9.17) is 5.73 Å². The van der Waals surface area contributed by atoms with Crippen LogP contribution in [0, 0.1) is 0 Å². The summed E-state index contributed by atoms with van der Waals surface area (Å²) in [5.41, 5.74) is 7.95. The minimum Gasteiger partial charge on any atom is -0.383 e. The van der Waals surface area contributed by atoms with Gasteiger partial charge in [-0.2, -0.15) is 0 Å². The average molecular weight is 247 g/mol. The molecule has 0 radical (unpaired) electrons. The second-order valence-electron chi connectivity index (χ2n) is 4.76. The van der Waals surface area contributed by atoms with Crippen molar-refractivity contribution in [1.82, 2.24) is 4.98 Å². The van der Waals surface area contributed by atoms with E-state index in [1.165, 1.54) is 0 Å². The van der Waals surface area contributed by atoms with Crippen LogP contribution in [-0.4, -0.2) is 17.1 Å². The van der Waals surface area contributed by atoms with Gasteiger partial charge in [-0.15, -0.1) is 11.3 Å². The molecule has 0 aliphatic rings. The first-order chi connectivity index (χ1) is 8.04. The van der Waals surface area contributed by atoms with E-state index in [0.29, 0.717) is 0 Å². The summed E-state index contributed by atoms with van der Waals surface area (Å²) >= 11 is 1.64. The first-order valence-electron chi connectivity index (χ1n) is 5.57. The second-order valence-corrected chi connectivity index (χ2v) is 5.65. The molecule has 90 valence electrons. The molecule has 3 N–H and O–H groups in total. The van der Waals surface area contributed by atoms with E-state index < -0.39 is 0 Å². The maximum absolute atomic E-state index is 5.94. The molecule has 1 aromatic heterocycles. The summed E-state index contributed by atoms with van der Waals surface area (Å²) in [6.07, 6.45) is 1.82. The number of rotatable bonds is 4. The Hall–Kier alpha value is -1.39. The first kappa shape index (κ1) is 12.1. The first-order valence-corrected chi connectivity index (χ1v) is 6.45. The minimum absolute atomic E-state index is 0.211. The van der Waals surface area contributed by atoms with Crippen molar-refractivity contribution < 1.29 is 0 Å². The molecule has 0 fully saturated rings. The average Bonchev–Trinajstić information content (AvgIpc) is 2.79. The van der Waals surface area contributed by atoms with E-state index >= 15 is 0 Å². The fourth-order valence-corrected chi connectivity index (χ4v) is 2.09. The molecule has 0 atom stereocenters. The van der Waals surface area contributed by atoms with Crippen LogP contribution in [0.5, 0.6) is 0 Å². The number of thiazole rings is 1. The highest BCUT2D eigenvalue weighted by molar-refractivity contribution is 7.13. The van der Waals surface area contributed by atoms with Crippen molar-refractivity contribution in [3.05, 3.63) is 35.8 Å². The van der Waals surface area contributed by atoms with Crippen molar-refractivity contribution in [2.24, 2.45) is 5.73 Å². The van der Waals surface area contributed by atoms with Gasteiger partial charge in [0.15, 0.2) is 0 Å². The number of hydrogen-bond acceptors (Lipinski definition) is 4. The zero-order chi connectivity index (χ0) is 12.3. The molecule has 0 unspecified atom stereocenters. The predicted octanol–water partition coefficient (Wildman–Crippen LogP) is 2.96. The molecule has 0 bridgehead atoms. The third-order valence-corrected chi connectivity index (χ3v) is 3.11. The van der Waals surface area contributed by atoms with Crippen molar-refractivity contribution >= 4 is 17.0 Å². The summed E-state index contributed by atoms with van der Waals surface area (Å²) in [4.78, 5) is 4.30. The quantitative estimate of drug-likeness (QED) is 0.873. The van der Waals surface area contributed by atoms with Gasteiger partial charge in [0.1, 0.15) is 5.01 Å². The molecule has 2 aromatic rings. The Kier molecular flexibility index (Phi) is 3.45. The summed E-state index contributed by atoms with van der Waals surface area (Å²) in [5.74, 6) is 0. The van der Waals surface area contributed by atoms with Gasteiger partial charge in [-0.25, -0.2) is 4.98 Å². The van der Waals surface area contributed by atoms with Crippen LogP contribution >= 0.6 is 11.3 Å². The highest BCUT2D eigenvalue weighted by atomic mass is 32.1. The second kappa shape index (κ2) is 4.85. The van der Waals surface area contributed by atoms with Gasteiger partial charge < -0.3 is 11.1 Å². The standard InChI is InChI=1S/C13H17N3S/c1-13(2,14)9-16-11-5-3-4-10(8-11)12-15-6-7-17-12/h3-8,16H,9,14H2,1-2H3. The zero-order valence-corrected chi connectivity index (χ0v) is 10.9. The lowest BCUT2D eigenvalue weighted by atomic mass is 10.1. The van der Waals surface area contributed by atoms with E-state index in [0.717, 1.165) is 22.8 Å². The number of anilines is 1. The molecule has 0 aliphatic carbocycles. The van der Waals surface area contributed by atoms with Gasteiger partial charge in [0.05, 0.1) is 0 Å². The van der Waals surface area contributed by atoms with E-state index in [1.54, 1.807) is 11.3 Å². The number of aromatic nitrogens is 1. The lowest BCUT2D eigenvalue weighted by Crippen LogP contribution is -2.39. The van der Waals surface area contributed by atoms with Gasteiger partial charge in [0.2, 0.25) is 0 Å². The molecule has 1 heterocycles. The number of nitrogens with one attached hydrogen (secondary N) is 1. The van der Waals surface area contributed by atoms with E-state index in [1.807, 2.05) is 37.6 Å². The third-order valence-electron chi connectivity index (χ3n) is 2.29. The fourth-order valence-electron chi connectivity index (χ4n) is 1.46. The number of nitrogens with zero attached hydrogens (tertiary/aromatic N) is 1. The van der Waals surface area contributed by atoms with Gasteiger partial charge in [-0.3, -0.25) is 0 Å². The van der Waals surface area contributed by atoms with Crippen molar-refractivity contribution in [2.75, 3.05) is 11.9 Å². The molecule has 0 saturated carbocycles. The molecule has 1 aromatic carbocycles. The highest BCUT2D eigenvalue weighted by Gasteiger charge is 2.10. The van der Waals surface area contributed by atoms with Crippen molar-refractivity contribution in [3.63, 3.8) is 0 Å². The maximum atomic E-state index is 5.94. The van der Waals surface area contributed by atoms with Gasteiger partial charge >= 0.3 is 0 Å². The van der Waals surface area contributed by atoms with Gasteiger partial charge in [-0.1, -0.05) is 12.1 Å². The maximum Gasteiger partial charge on any atom is 0.123 e. The highest BCUT2D eigenvalue weighted by Crippen LogP contribution is 2.24. The molecule has 0 amide bonds. The van der Waals surface area contributed by atoms with Crippen LogP contribution in [0.25, 0.3) is 10.6 Å². The van der Waals surface area contributed by atoms with Crippen LogP contribution in [0.1, 0.15) is 13.8 Å². The summed E-state index contributed by atoms with van der Waals surface area (Å²) in [6, 6.07) is 8.24. The van der Waals surface area contributed by atoms with Crippen LogP contribution in [-0.2, 0) is 0 Å². The summed E-state index contributed by atoms with van der Waals surface area (Å²) in [6.45, 7) is 4.75. The summed E-state index contributed by atoms with van der Waals surface area (Å²) in [5, 5.41) is 6.37. The molecular weight excluding hydrogens is 230 g/mol. The summed E-state index contributed by atoms with van der Waals surface area (Å²) < 4.78 is 0. The molecule has 17 heavy (non-hydrogen) atoms. The fraction of sp³-hybridized carbons (Fsp3) is 0.308. The number of nitrogens with two attached hydrogens (primary N) is 1. The molecule has 0 spiro atoms. The Morgan fingerprint density at radius 1 is 1.41 bits per heavy atom. The Bertz CT molecular complexity index is 472. The zero-order valence-electron chi connectivity index (χ0n) is 10.1. The number of benzene rings is 1. The third kappa shape index (κ3) is 3.54. The lowest BCUT2D eigenvalue weighted by Gasteiger charge is -2.19. The minimum atomic E-state index is -0.211. The van der Waals surface area contributed by atoms with Crippen molar-refractivity contribution in [3.8, 4) is 10.6 Å². The molecular formula is C13H17N3S.